The number of aryl methyl sites for hydroxylation is 2. The highest BCUT2D eigenvalue weighted by Crippen LogP contribution is 2.43. The van der Waals surface area contributed by atoms with Gasteiger partial charge in [0.25, 0.3) is 0 Å². The zero-order chi connectivity index (χ0) is 21.7. The molecule has 0 aromatic carbocycles. The normalized spacial score (nSPS) is 27.9. The molecule has 0 N–H and O–H groups in total. The van der Waals surface area contributed by atoms with E-state index in [4.69, 9.17) is 4.42 Å². The Balaban J connectivity index is 1.45. The molecule has 2 aromatic rings. The van der Waals surface area contributed by atoms with Crippen molar-refractivity contribution in [2.75, 3.05) is 25.0 Å². The van der Waals surface area contributed by atoms with Gasteiger partial charge in [-0.3, -0.25) is 9.59 Å². The molecule has 0 spiro atoms. The molecule has 0 aliphatic carbocycles. The van der Waals surface area contributed by atoms with Crippen LogP contribution in [0.1, 0.15) is 37.1 Å². The molecule has 166 valence electrons. The average molecular weight is 427 g/mol. The van der Waals surface area contributed by atoms with Crippen LogP contribution in [-0.4, -0.2) is 68.6 Å². The number of anilines is 1. The Labute approximate surface area is 182 Å². The van der Waals surface area contributed by atoms with Gasteiger partial charge in [-0.2, -0.15) is 10.1 Å². The van der Waals surface area contributed by atoms with Crippen molar-refractivity contribution < 1.29 is 14.0 Å². The number of furan rings is 1. The fourth-order valence-corrected chi connectivity index (χ4v) is 5.87. The molecule has 2 amide bonds. The highest BCUT2D eigenvalue weighted by molar-refractivity contribution is 5.89. The molecule has 5 heterocycles. The predicted octanol–water partition coefficient (Wildman–Crippen LogP) is 1.58. The summed E-state index contributed by atoms with van der Waals surface area (Å²) < 4.78 is 6.98. The summed E-state index contributed by atoms with van der Waals surface area (Å²) in [6.45, 7) is 3.92. The molecule has 9 heteroatoms. The number of nitrogens with zero attached hydrogens (tertiary/aromatic N) is 6. The highest BCUT2D eigenvalue weighted by Gasteiger charge is 2.52. The second-order valence-electron chi connectivity index (χ2n) is 9.27. The van der Waals surface area contributed by atoms with Gasteiger partial charge in [0.1, 0.15) is 11.9 Å². The van der Waals surface area contributed by atoms with E-state index in [1.807, 2.05) is 36.7 Å². The molecule has 31 heavy (non-hydrogen) atoms. The highest BCUT2D eigenvalue weighted by atomic mass is 16.3. The summed E-state index contributed by atoms with van der Waals surface area (Å²) in [5.41, 5.74) is 0.950. The van der Waals surface area contributed by atoms with Gasteiger partial charge in [0.15, 0.2) is 0 Å². The Morgan fingerprint density at radius 2 is 2.13 bits per heavy atom. The molecular formula is C22H30N6O3. The van der Waals surface area contributed by atoms with Gasteiger partial charge in [0, 0.05) is 57.7 Å². The molecule has 3 fully saturated rings. The molecular weight excluding hydrogens is 396 g/mol. The maximum Gasteiger partial charge on any atom is 0.245 e. The molecule has 4 atom stereocenters. The van der Waals surface area contributed by atoms with E-state index < -0.39 is 6.04 Å². The van der Waals surface area contributed by atoms with E-state index in [1.54, 1.807) is 17.4 Å². The summed E-state index contributed by atoms with van der Waals surface area (Å²) in [5.74, 6) is 2.16. The number of carbonyl (C=O) groups is 2. The third-order valence-electron chi connectivity index (χ3n) is 7.10. The minimum Gasteiger partial charge on any atom is -0.472 e. The first kappa shape index (κ1) is 20.1. The fraction of sp³-hybridized carbons (Fsp3) is 0.636. The van der Waals surface area contributed by atoms with Crippen LogP contribution in [-0.2, 0) is 23.2 Å². The van der Waals surface area contributed by atoms with E-state index in [2.05, 4.69) is 15.0 Å². The van der Waals surface area contributed by atoms with Gasteiger partial charge in [-0.1, -0.05) is 0 Å². The Bertz CT molecular complexity index is 970. The van der Waals surface area contributed by atoms with Crippen molar-refractivity contribution in [1.29, 1.82) is 0 Å². The van der Waals surface area contributed by atoms with Crippen LogP contribution in [0.15, 0.2) is 23.0 Å². The van der Waals surface area contributed by atoms with Crippen molar-refractivity contribution in [3.8, 4) is 0 Å². The molecule has 9 nitrogen and oxygen atoms in total. The van der Waals surface area contributed by atoms with Crippen LogP contribution < -0.4 is 4.90 Å². The van der Waals surface area contributed by atoms with Crippen molar-refractivity contribution in [2.45, 2.75) is 51.2 Å². The maximum atomic E-state index is 13.7. The Morgan fingerprint density at radius 3 is 2.84 bits per heavy atom. The van der Waals surface area contributed by atoms with Crippen LogP contribution in [0.5, 0.6) is 0 Å². The van der Waals surface area contributed by atoms with Crippen LogP contribution in [0.25, 0.3) is 0 Å². The predicted molar refractivity (Wildman–Crippen MR) is 113 cm³/mol. The molecule has 3 aliphatic heterocycles. The molecule has 2 aromatic heterocycles. The van der Waals surface area contributed by atoms with E-state index in [9.17, 15) is 9.59 Å². The van der Waals surface area contributed by atoms with Gasteiger partial charge in [-0.15, -0.1) is 0 Å². The van der Waals surface area contributed by atoms with Gasteiger partial charge >= 0.3 is 0 Å². The van der Waals surface area contributed by atoms with E-state index in [0.717, 1.165) is 43.1 Å². The lowest BCUT2D eigenvalue weighted by atomic mass is 9.71. The quantitative estimate of drug-likeness (QED) is 0.738. The Kier molecular flexibility index (Phi) is 4.98. The standard InChI is InChI=1S/C22H30N6O3/c1-14-23-22(26(3)24-14)27-11-16-9-17(12-27)20(28-18(16)5-4-6-19(28)29)21(30)25(2)10-15-7-8-31-13-15/h7-8,13,16-18,20H,4-6,9-12H2,1-3H3/t16-,17+,18+,20-/m1/s1. The van der Waals surface area contributed by atoms with Gasteiger partial charge < -0.3 is 19.1 Å². The zero-order valence-electron chi connectivity index (χ0n) is 18.4. The van der Waals surface area contributed by atoms with Gasteiger partial charge in [0.05, 0.1) is 12.5 Å². The van der Waals surface area contributed by atoms with Gasteiger partial charge in [0.2, 0.25) is 17.8 Å². The maximum absolute atomic E-state index is 13.7. The topological polar surface area (TPSA) is 87.7 Å². The minimum atomic E-state index is -0.428. The molecule has 2 bridgehead atoms. The first-order chi connectivity index (χ1) is 14.9. The van der Waals surface area contributed by atoms with Crippen LogP contribution in [0.3, 0.4) is 0 Å². The fourth-order valence-electron chi connectivity index (χ4n) is 5.87. The lowest BCUT2D eigenvalue weighted by Gasteiger charge is -2.56. The van der Waals surface area contributed by atoms with E-state index >= 15 is 0 Å². The molecule has 0 radical (unpaired) electrons. The summed E-state index contributed by atoms with van der Waals surface area (Å²) in [6, 6.07) is 1.56. The van der Waals surface area contributed by atoms with Crippen molar-refractivity contribution in [1.82, 2.24) is 24.6 Å². The summed E-state index contributed by atoms with van der Waals surface area (Å²) in [4.78, 5) is 37.3. The zero-order valence-corrected chi connectivity index (χ0v) is 18.4. The number of amides is 2. The summed E-state index contributed by atoms with van der Waals surface area (Å²) in [5, 5.41) is 4.41. The largest absolute Gasteiger partial charge is 0.472 e. The van der Waals surface area contributed by atoms with Crippen LogP contribution in [0, 0.1) is 18.8 Å². The van der Waals surface area contributed by atoms with Crippen molar-refractivity contribution in [3.05, 3.63) is 30.0 Å². The van der Waals surface area contributed by atoms with E-state index in [0.29, 0.717) is 25.4 Å². The van der Waals surface area contributed by atoms with Crippen molar-refractivity contribution in [3.63, 3.8) is 0 Å². The van der Waals surface area contributed by atoms with Gasteiger partial charge in [-0.25, -0.2) is 4.68 Å². The van der Waals surface area contributed by atoms with Crippen molar-refractivity contribution >= 4 is 17.8 Å². The molecule has 3 saturated heterocycles. The Hall–Kier alpha value is -2.84. The molecule has 5 rings (SSSR count). The number of aromatic nitrogens is 3. The lowest BCUT2D eigenvalue weighted by Crippen LogP contribution is -2.68. The second-order valence-corrected chi connectivity index (χ2v) is 9.27. The number of carbonyl (C=O) groups excluding carboxylic acids is 2. The average Bonchev–Trinajstić information content (AvgIpc) is 3.37. The number of piperidine rings is 3. The number of fused-ring (bicyclic) bond motifs is 4. The third-order valence-corrected chi connectivity index (χ3v) is 7.10. The molecule has 0 saturated carbocycles. The lowest BCUT2D eigenvalue weighted by molar-refractivity contribution is -0.160. The van der Waals surface area contributed by atoms with E-state index in [-0.39, 0.29) is 23.8 Å². The monoisotopic (exact) mass is 426 g/mol. The first-order valence-electron chi connectivity index (χ1n) is 11.1. The first-order valence-corrected chi connectivity index (χ1v) is 11.1. The number of likely N-dealkylation sites (N-methyl/N-ethyl adjacent to an activating group) is 1. The second kappa shape index (κ2) is 7.69. The Morgan fingerprint density at radius 1 is 1.32 bits per heavy atom. The molecule has 3 aliphatic rings. The minimum absolute atomic E-state index is 0.0147. The van der Waals surface area contributed by atoms with E-state index in [1.165, 1.54) is 0 Å². The van der Waals surface area contributed by atoms with Crippen LogP contribution in [0.2, 0.25) is 0 Å². The smallest absolute Gasteiger partial charge is 0.245 e. The number of hydrogen-bond donors (Lipinski definition) is 0. The number of rotatable bonds is 4. The number of hydrogen-bond acceptors (Lipinski definition) is 6. The third kappa shape index (κ3) is 3.49. The molecule has 0 unspecified atom stereocenters. The van der Waals surface area contributed by atoms with Crippen LogP contribution >= 0.6 is 0 Å². The van der Waals surface area contributed by atoms with Gasteiger partial charge in [-0.05, 0) is 38.2 Å². The SMILES string of the molecule is Cc1nc(N2C[C@H]3C[C@@H](C2)[C@H](C(=O)N(C)Cc2ccoc2)N2C(=O)CCC[C@@H]32)n(C)n1. The summed E-state index contributed by atoms with van der Waals surface area (Å²) in [7, 11) is 3.73. The van der Waals surface area contributed by atoms with Crippen molar-refractivity contribution in [2.24, 2.45) is 18.9 Å². The van der Waals surface area contributed by atoms with Crippen LogP contribution in [0.4, 0.5) is 5.95 Å². The summed E-state index contributed by atoms with van der Waals surface area (Å²) >= 11 is 0. The summed E-state index contributed by atoms with van der Waals surface area (Å²) in [6.07, 6.45) is 6.65.